The molecule has 0 saturated heterocycles. The minimum absolute atomic E-state index is 0.472. The first-order valence-corrected chi connectivity index (χ1v) is 6.00. The number of aryl methyl sites for hydroxylation is 2. The molecule has 2 nitrogen and oxygen atoms in total. The Labute approximate surface area is 103 Å². The monoisotopic (exact) mass is 226 g/mol. The van der Waals surface area contributed by atoms with Crippen LogP contribution in [0, 0.1) is 13.8 Å². The molecule has 2 heteroatoms. The quantitative estimate of drug-likeness (QED) is 0.776. The van der Waals surface area contributed by atoms with Gasteiger partial charge in [-0.25, -0.2) is 9.97 Å². The van der Waals surface area contributed by atoms with E-state index in [0.29, 0.717) is 5.92 Å². The summed E-state index contributed by atoms with van der Waals surface area (Å²) in [6.45, 7) is 8.49. The van der Waals surface area contributed by atoms with Crippen LogP contribution >= 0.6 is 0 Å². The van der Waals surface area contributed by atoms with Crippen molar-refractivity contribution in [1.82, 2.24) is 9.97 Å². The van der Waals surface area contributed by atoms with Gasteiger partial charge in [0.2, 0.25) is 0 Å². The zero-order valence-electron chi connectivity index (χ0n) is 10.9. The molecule has 1 aromatic carbocycles. The van der Waals surface area contributed by atoms with E-state index >= 15 is 0 Å². The molecule has 0 bridgehead atoms. The smallest absolute Gasteiger partial charge is 0.159 e. The van der Waals surface area contributed by atoms with Gasteiger partial charge in [-0.1, -0.05) is 44.2 Å². The summed E-state index contributed by atoms with van der Waals surface area (Å²) >= 11 is 0. The van der Waals surface area contributed by atoms with E-state index in [1.54, 1.807) is 0 Å². The maximum atomic E-state index is 4.61. The van der Waals surface area contributed by atoms with E-state index in [0.717, 1.165) is 22.8 Å². The van der Waals surface area contributed by atoms with Gasteiger partial charge >= 0.3 is 0 Å². The van der Waals surface area contributed by atoms with Gasteiger partial charge in [-0.3, -0.25) is 0 Å². The maximum absolute atomic E-state index is 4.61. The molecule has 0 spiro atoms. The molecule has 2 aromatic rings. The molecule has 0 atom stereocenters. The van der Waals surface area contributed by atoms with Crippen LogP contribution in [0.4, 0.5) is 0 Å². The van der Waals surface area contributed by atoms with Gasteiger partial charge in [-0.2, -0.15) is 0 Å². The van der Waals surface area contributed by atoms with Crippen molar-refractivity contribution in [3.05, 3.63) is 47.3 Å². The Morgan fingerprint density at radius 2 is 1.41 bits per heavy atom. The van der Waals surface area contributed by atoms with Crippen molar-refractivity contribution in [3.63, 3.8) is 0 Å². The van der Waals surface area contributed by atoms with Gasteiger partial charge in [-0.05, 0) is 25.3 Å². The lowest BCUT2D eigenvalue weighted by molar-refractivity contribution is 0.814. The zero-order valence-corrected chi connectivity index (χ0v) is 10.9. The summed E-state index contributed by atoms with van der Waals surface area (Å²) in [7, 11) is 0. The minimum atomic E-state index is 0.472. The highest BCUT2D eigenvalue weighted by Crippen LogP contribution is 2.23. The van der Waals surface area contributed by atoms with Crippen LogP contribution in [0.2, 0.25) is 0 Å². The number of benzene rings is 1. The fraction of sp³-hybridized carbons (Fsp3) is 0.333. The molecular weight excluding hydrogens is 208 g/mol. The van der Waals surface area contributed by atoms with Gasteiger partial charge in [0.15, 0.2) is 5.82 Å². The normalized spacial score (nSPS) is 10.9. The molecule has 0 aliphatic heterocycles. The molecule has 0 fully saturated rings. The SMILES string of the molecule is Cc1nc(-c2ccccc2)nc(C)c1C(C)C. The Balaban J connectivity index is 2.53. The summed E-state index contributed by atoms with van der Waals surface area (Å²) in [6.07, 6.45) is 0. The maximum Gasteiger partial charge on any atom is 0.159 e. The molecule has 0 unspecified atom stereocenters. The van der Waals surface area contributed by atoms with Crippen LogP contribution in [0.3, 0.4) is 0 Å². The van der Waals surface area contributed by atoms with Crippen molar-refractivity contribution < 1.29 is 0 Å². The number of nitrogens with zero attached hydrogens (tertiary/aromatic N) is 2. The largest absolute Gasteiger partial charge is 0.233 e. The van der Waals surface area contributed by atoms with Crippen LogP contribution in [0.5, 0.6) is 0 Å². The molecule has 0 aliphatic rings. The summed E-state index contributed by atoms with van der Waals surface area (Å²) in [6, 6.07) is 10.1. The Morgan fingerprint density at radius 3 is 1.88 bits per heavy atom. The Hall–Kier alpha value is -1.70. The minimum Gasteiger partial charge on any atom is -0.233 e. The lowest BCUT2D eigenvalue weighted by Crippen LogP contribution is -2.04. The first-order valence-electron chi connectivity index (χ1n) is 6.00. The number of rotatable bonds is 2. The average Bonchev–Trinajstić information content (AvgIpc) is 2.28. The van der Waals surface area contributed by atoms with Crippen molar-refractivity contribution in [2.45, 2.75) is 33.6 Å². The Morgan fingerprint density at radius 1 is 0.882 bits per heavy atom. The summed E-state index contributed by atoms with van der Waals surface area (Å²) in [5.74, 6) is 1.30. The van der Waals surface area contributed by atoms with Crippen molar-refractivity contribution in [2.24, 2.45) is 0 Å². The summed E-state index contributed by atoms with van der Waals surface area (Å²) in [4.78, 5) is 9.23. The molecule has 1 aromatic heterocycles. The third-order valence-corrected chi connectivity index (χ3v) is 2.94. The molecule has 0 aliphatic carbocycles. The topological polar surface area (TPSA) is 25.8 Å². The third kappa shape index (κ3) is 2.36. The molecule has 2 rings (SSSR count). The predicted molar refractivity (Wildman–Crippen MR) is 71.0 cm³/mol. The first kappa shape index (κ1) is 11.8. The average molecular weight is 226 g/mol. The van der Waals surface area contributed by atoms with Crippen LogP contribution in [0.15, 0.2) is 30.3 Å². The molecule has 0 saturated carbocycles. The van der Waals surface area contributed by atoms with Gasteiger partial charge in [0.25, 0.3) is 0 Å². The lowest BCUT2D eigenvalue weighted by atomic mass is 10.00. The van der Waals surface area contributed by atoms with Gasteiger partial charge in [0.05, 0.1) is 0 Å². The van der Waals surface area contributed by atoms with E-state index in [2.05, 4.69) is 37.7 Å². The Kier molecular flexibility index (Phi) is 3.23. The second kappa shape index (κ2) is 4.66. The zero-order chi connectivity index (χ0) is 12.4. The molecule has 17 heavy (non-hydrogen) atoms. The van der Waals surface area contributed by atoms with E-state index in [1.165, 1.54) is 5.56 Å². The highest BCUT2D eigenvalue weighted by Gasteiger charge is 2.12. The standard InChI is InChI=1S/C15H18N2/c1-10(2)14-11(3)16-15(17-12(14)4)13-8-6-5-7-9-13/h5-10H,1-4H3. The Bertz CT molecular complexity index is 493. The van der Waals surface area contributed by atoms with E-state index in [-0.39, 0.29) is 0 Å². The predicted octanol–water partition coefficient (Wildman–Crippen LogP) is 3.88. The number of aromatic nitrogens is 2. The summed E-state index contributed by atoms with van der Waals surface area (Å²) in [5, 5.41) is 0. The first-order chi connectivity index (χ1) is 8.09. The highest BCUT2D eigenvalue weighted by atomic mass is 14.9. The van der Waals surface area contributed by atoms with Crippen molar-refractivity contribution in [1.29, 1.82) is 0 Å². The van der Waals surface area contributed by atoms with Gasteiger partial charge < -0.3 is 0 Å². The van der Waals surface area contributed by atoms with Crippen molar-refractivity contribution in [2.75, 3.05) is 0 Å². The molecule has 0 radical (unpaired) electrons. The summed E-state index contributed by atoms with van der Waals surface area (Å²) in [5.41, 5.74) is 4.52. The highest BCUT2D eigenvalue weighted by molar-refractivity contribution is 5.55. The molecular formula is C15H18N2. The fourth-order valence-corrected chi connectivity index (χ4v) is 2.28. The molecule has 1 heterocycles. The molecule has 88 valence electrons. The fourth-order valence-electron chi connectivity index (χ4n) is 2.28. The van der Waals surface area contributed by atoms with E-state index in [1.807, 2.05) is 30.3 Å². The number of hydrogen-bond donors (Lipinski definition) is 0. The van der Waals surface area contributed by atoms with E-state index < -0.39 is 0 Å². The van der Waals surface area contributed by atoms with Crippen LogP contribution in [-0.2, 0) is 0 Å². The van der Waals surface area contributed by atoms with E-state index in [4.69, 9.17) is 0 Å². The second-order valence-electron chi connectivity index (χ2n) is 4.65. The van der Waals surface area contributed by atoms with Gasteiger partial charge in [0, 0.05) is 17.0 Å². The van der Waals surface area contributed by atoms with Crippen LogP contribution in [0.25, 0.3) is 11.4 Å². The van der Waals surface area contributed by atoms with Crippen molar-refractivity contribution in [3.8, 4) is 11.4 Å². The second-order valence-corrected chi connectivity index (χ2v) is 4.65. The van der Waals surface area contributed by atoms with Gasteiger partial charge in [0.1, 0.15) is 0 Å². The van der Waals surface area contributed by atoms with Crippen molar-refractivity contribution >= 4 is 0 Å². The van der Waals surface area contributed by atoms with E-state index in [9.17, 15) is 0 Å². The molecule has 0 amide bonds. The number of hydrogen-bond acceptors (Lipinski definition) is 2. The van der Waals surface area contributed by atoms with Crippen LogP contribution < -0.4 is 0 Å². The summed E-state index contributed by atoms with van der Waals surface area (Å²) < 4.78 is 0. The lowest BCUT2D eigenvalue weighted by Gasteiger charge is -2.13. The third-order valence-electron chi connectivity index (χ3n) is 2.94. The van der Waals surface area contributed by atoms with Crippen LogP contribution in [-0.4, -0.2) is 9.97 Å². The van der Waals surface area contributed by atoms with Crippen LogP contribution in [0.1, 0.15) is 36.7 Å². The van der Waals surface area contributed by atoms with Gasteiger partial charge in [-0.15, -0.1) is 0 Å². The molecule has 0 N–H and O–H groups in total.